The number of rotatable bonds is 6. The minimum Gasteiger partial charge on any atom is -0.481 e. The van der Waals surface area contributed by atoms with Crippen LogP contribution in [0, 0.1) is 40.4 Å². The first kappa shape index (κ1) is 24.9. The van der Waals surface area contributed by atoms with Crippen molar-refractivity contribution in [2.24, 2.45) is 40.4 Å². The summed E-state index contributed by atoms with van der Waals surface area (Å²) >= 11 is 6.68. The fourth-order valence-corrected chi connectivity index (χ4v) is 7.84. The van der Waals surface area contributed by atoms with Crippen LogP contribution in [0.4, 0.5) is 0 Å². The van der Waals surface area contributed by atoms with Gasteiger partial charge in [0.15, 0.2) is 11.6 Å². The number of carbonyl (C=O) groups is 4. The number of ketones is 2. The summed E-state index contributed by atoms with van der Waals surface area (Å²) in [6.07, 6.45) is 6.77. The second-order valence-electron chi connectivity index (χ2n) is 10.8. The molecule has 8 atom stereocenters. The SMILES string of the molecule is CC1C[C@H]2[C@@H]3C=C(Cl)C4=CC(=O)C=C[C@]4(C)[C@H]3C(O)C[C@]2(C)[C@H]1C(=O)COC(=O)CCC(=O)O. The highest BCUT2D eigenvalue weighted by Gasteiger charge is 2.64. The van der Waals surface area contributed by atoms with Crippen molar-refractivity contribution in [3.63, 3.8) is 0 Å². The predicted molar refractivity (Wildman–Crippen MR) is 124 cm³/mol. The van der Waals surface area contributed by atoms with Crippen LogP contribution in [0.15, 0.2) is 34.9 Å². The van der Waals surface area contributed by atoms with Gasteiger partial charge in [0.1, 0.15) is 6.61 Å². The van der Waals surface area contributed by atoms with Gasteiger partial charge < -0.3 is 14.9 Å². The van der Waals surface area contributed by atoms with Crippen LogP contribution in [0.1, 0.15) is 46.5 Å². The average Bonchev–Trinajstić information content (AvgIpc) is 3.01. The molecule has 2 saturated carbocycles. The number of aliphatic hydroxyl groups is 1. The molecule has 4 rings (SSSR count). The third-order valence-electron chi connectivity index (χ3n) is 8.71. The lowest BCUT2D eigenvalue weighted by Crippen LogP contribution is -2.55. The molecule has 2 N–H and O–H groups in total. The van der Waals surface area contributed by atoms with Gasteiger partial charge in [-0.15, -0.1) is 0 Å². The maximum Gasteiger partial charge on any atom is 0.306 e. The Morgan fingerprint density at radius 3 is 2.62 bits per heavy atom. The summed E-state index contributed by atoms with van der Waals surface area (Å²) in [6.45, 7) is 5.66. The smallest absolute Gasteiger partial charge is 0.306 e. The maximum atomic E-state index is 13.2. The highest BCUT2D eigenvalue weighted by molar-refractivity contribution is 6.32. The molecule has 0 aromatic carbocycles. The van der Waals surface area contributed by atoms with Crippen molar-refractivity contribution in [2.75, 3.05) is 6.61 Å². The fourth-order valence-electron chi connectivity index (χ4n) is 7.44. The molecule has 0 saturated heterocycles. The zero-order valence-corrected chi connectivity index (χ0v) is 20.4. The normalized spacial score (nSPS) is 40.4. The maximum absolute atomic E-state index is 13.2. The van der Waals surface area contributed by atoms with Gasteiger partial charge in [0.25, 0.3) is 0 Å². The van der Waals surface area contributed by atoms with E-state index in [1.165, 1.54) is 0 Å². The van der Waals surface area contributed by atoms with Gasteiger partial charge in [-0.2, -0.15) is 0 Å². The van der Waals surface area contributed by atoms with Crippen molar-refractivity contribution in [2.45, 2.75) is 52.6 Å². The summed E-state index contributed by atoms with van der Waals surface area (Å²) in [5, 5.41) is 20.7. The van der Waals surface area contributed by atoms with Crippen LogP contribution in [-0.2, 0) is 23.9 Å². The van der Waals surface area contributed by atoms with Gasteiger partial charge >= 0.3 is 11.9 Å². The molecule has 34 heavy (non-hydrogen) atoms. The number of hydrogen-bond acceptors (Lipinski definition) is 6. The number of hydrogen-bond donors (Lipinski definition) is 2. The van der Waals surface area contributed by atoms with Gasteiger partial charge in [0.2, 0.25) is 0 Å². The number of esters is 1. The molecule has 0 amide bonds. The predicted octanol–water partition coefficient (Wildman–Crippen LogP) is 3.45. The Hall–Kier alpha value is -2.25. The topological polar surface area (TPSA) is 118 Å². The molecule has 0 radical (unpaired) electrons. The summed E-state index contributed by atoms with van der Waals surface area (Å²) in [5.74, 6) is -2.66. The Morgan fingerprint density at radius 1 is 1.24 bits per heavy atom. The van der Waals surface area contributed by atoms with Gasteiger partial charge in [-0.25, -0.2) is 0 Å². The molecule has 4 aliphatic rings. The molecule has 0 aromatic heterocycles. The quantitative estimate of drug-likeness (QED) is 0.547. The van der Waals surface area contributed by atoms with Crippen molar-refractivity contribution < 1.29 is 34.1 Å². The van der Waals surface area contributed by atoms with E-state index in [0.717, 1.165) is 12.0 Å². The zero-order chi connectivity index (χ0) is 25.0. The van der Waals surface area contributed by atoms with E-state index in [-0.39, 0.29) is 48.1 Å². The molecule has 2 unspecified atom stereocenters. The van der Waals surface area contributed by atoms with E-state index in [2.05, 4.69) is 0 Å². The Labute approximate surface area is 203 Å². The molecular weight excluding hydrogens is 460 g/mol. The van der Waals surface area contributed by atoms with Crippen molar-refractivity contribution in [3.8, 4) is 0 Å². The third kappa shape index (κ3) is 3.97. The van der Waals surface area contributed by atoms with Crippen LogP contribution in [0.2, 0.25) is 0 Å². The largest absolute Gasteiger partial charge is 0.481 e. The van der Waals surface area contributed by atoms with Crippen LogP contribution < -0.4 is 0 Å². The summed E-state index contributed by atoms with van der Waals surface area (Å²) in [4.78, 5) is 47.8. The monoisotopic (exact) mass is 490 g/mol. The third-order valence-corrected chi connectivity index (χ3v) is 9.04. The number of allylic oxidation sites excluding steroid dienone is 6. The van der Waals surface area contributed by atoms with Gasteiger partial charge in [0, 0.05) is 22.3 Å². The van der Waals surface area contributed by atoms with E-state index in [1.807, 2.05) is 32.9 Å². The van der Waals surface area contributed by atoms with Gasteiger partial charge in [-0.3, -0.25) is 19.2 Å². The van der Waals surface area contributed by atoms with Gasteiger partial charge in [0.05, 0.1) is 18.9 Å². The number of fused-ring (bicyclic) bond motifs is 5. The lowest BCUT2D eigenvalue weighted by Gasteiger charge is -2.57. The van der Waals surface area contributed by atoms with Crippen molar-refractivity contribution in [3.05, 3.63) is 34.9 Å². The first-order valence-electron chi connectivity index (χ1n) is 11.8. The van der Waals surface area contributed by atoms with Gasteiger partial charge in [-0.1, -0.05) is 44.5 Å². The van der Waals surface area contributed by atoms with Crippen LogP contribution in [-0.4, -0.2) is 46.4 Å². The minimum absolute atomic E-state index is 0.0200. The van der Waals surface area contributed by atoms with Crippen LogP contribution in [0.3, 0.4) is 0 Å². The molecule has 8 heteroatoms. The Morgan fingerprint density at radius 2 is 1.94 bits per heavy atom. The second-order valence-corrected chi connectivity index (χ2v) is 11.2. The summed E-state index contributed by atoms with van der Waals surface area (Å²) in [6, 6.07) is 0. The number of aliphatic carboxylic acids is 1. The van der Waals surface area contributed by atoms with Crippen molar-refractivity contribution in [1.82, 2.24) is 0 Å². The molecule has 7 nitrogen and oxygen atoms in total. The molecule has 0 aliphatic heterocycles. The number of halogens is 1. The van der Waals surface area contributed by atoms with Crippen LogP contribution in [0.25, 0.3) is 0 Å². The van der Waals surface area contributed by atoms with E-state index in [0.29, 0.717) is 11.5 Å². The number of carboxylic acid groups (broad SMARTS) is 1. The fraction of sp³-hybridized carbons (Fsp3) is 0.615. The number of carboxylic acids is 1. The Kier molecular flexibility index (Phi) is 6.40. The number of carbonyl (C=O) groups excluding carboxylic acids is 3. The Bertz CT molecular complexity index is 1030. The van der Waals surface area contributed by atoms with Crippen LogP contribution in [0.5, 0.6) is 0 Å². The number of Topliss-reactive ketones (excluding diaryl/α,β-unsaturated/α-hetero) is 1. The Balaban J connectivity index is 1.59. The first-order valence-corrected chi connectivity index (χ1v) is 12.2. The lowest BCUT2D eigenvalue weighted by molar-refractivity contribution is -0.154. The summed E-state index contributed by atoms with van der Waals surface area (Å²) < 4.78 is 5.09. The molecule has 0 aromatic rings. The second kappa shape index (κ2) is 8.76. The van der Waals surface area contributed by atoms with E-state index in [9.17, 15) is 24.3 Å². The van der Waals surface area contributed by atoms with E-state index >= 15 is 0 Å². The standard InChI is InChI=1S/C26H31ClO7/c1-13-8-16-15-10-18(27)17-9-14(28)6-7-25(17,2)24(15)19(29)11-26(16,3)23(13)20(30)12-34-22(33)5-4-21(31)32/h6-7,9-10,13,15-16,19,23-24,29H,4-5,8,11-12H2,1-3H3,(H,31,32)/t13?,15-,16-,19?,23+,24+,25-,26-/m0/s1. The number of aliphatic hydroxyl groups excluding tert-OH is 1. The van der Waals surface area contributed by atoms with E-state index in [4.69, 9.17) is 21.4 Å². The summed E-state index contributed by atoms with van der Waals surface area (Å²) in [5.41, 5.74) is -0.349. The molecule has 0 spiro atoms. The van der Waals surface area contributed by atoms with Crippen molar-refractivity contribution in [1.29, 1.82) is 0 Å². The van der Waals surface area contributed by atoms with E-state index in [1.54, 1.807) is 12.2 Å². The lowest BCUT2D eigenvalue weighted by atomic mass is 9.48. The van der Waals surface area contributed by atoms with E-state index < -0.39 is 41.4 Å². The first-order chi connectivity index (χ1) is 15.9. The van der Waals surface area contributed by atoms with Crippen molar-refractivity contribution >= 4 is 35.1 Å². The van der Waals surface area contributed by atoms with Crippen LogP contribution >= 0.6 is 11.6 Å². The molecule has 0 bridgehead atoms. The highest BCUT2D eigenvalue weighted by atomic mass is 35.5. The van der Waals surface area contributed by atoms with Gasteiger partial charge in [-0.05, 0) is 53.7 Å². The average molecular weight is 491 g/mol. The molecule has 2 fully saturated rings. The summed E-state index contributed by atoms with van der Waals surface area (Å²) in [7, 11) is 0. The number of ether oxygens (including phenoxy) is 1. The highest BCUT2D eigenvalue weighted by Crippen LogP contribution is 2.66. The zero-order valence-electron chi connectivity index (χ0n) is 19.6. The molecule has 184 valence electrons. The molecule has 0 heterocycles. The molecule has 4 aliphatic carbocycles. The molecular formula is C26H31ClO7. The minimum atomic E-state index is -1.10.